The Kier molecular flexibility index (Phi) is 5.88. The molecule has 0 aliphatic heterocycles. The van der Waals surface area contributed by atoms with Gasteiger partial charge in [-0.05, 0) is 0 Å². The Morgan fingerprint density at radius 3 is 1.89 bits per heavy atom. The Morgan fingerprint density at radius 2 is 1.67 bits per heavy atom. The van der Waals surface area contributed by atoms with Crippen molar-refractivity contribution in [2.24, 2.45) is 0 Å². The van der Waals surface area contributed by atoms with Crippen LogP contribution in [0.15, 0.2) is 0 Å². The molecule has 0 spiro atoms. The van der Waals surface area contributed by atoms with Crippen LogP contribution in [-0.4, -0.2) is 43.9 Å². The first-order valence-electron chi connectivity index (χ1n) is 2.74. The Hall–Kier alpha value is 1.39. The molecule has 0 fully saturated rings. The molecule has 0 aliphatic rings. The van der Waals surface area contributed by atoms with Gasteiger partial charge in [0, 0.05) is 0 Å². The summed E-state index contributed by atoms with van der Waals surface area (Å²) in [6.45, 7) is 5.32. The van der Waals surface area contributed by atoms with Crippen LogP contribution in [0.2, 0.25) is 0 Å². The molecular weight excluding hydrogens is 269 g/mol. The van der Waals surface area contributed by atoms with E-state index in [1.807, 2.05) is 13.8 Å². The van der Waals surface area contributed by atoms with Crippen molar-refractivity contribution < 1.29 is 9.05 Å². The zero-order valence-corrected chi connectivity index (χ0v) is 10.0. The van der Waals surface area contributed by atoms with Crippen LogP contribution >= 0.6 is 4.65 Å². The molecule has 2 nitrogen and oxygen atoms in total. The normalized spacial score (nSPS) is 11.9. The summed E-state index contributed by atoms with van der Waals surface area (Å²) in [7, 11) is 0. The fraction of sp³-hybridized carbons (Fsp3) is 1.00. The van der Waals surface area contributed by atoms with E-state index in [2.05, 4.69) is 30.7 Å². The molecular formula is C4H11O2PSe2. The van der Waals surface area contributed by atoms with Crippen LogP contribution in [0.25, 0.3) is 0 Å². The first-order chi connectivity index (χ1) is 4.12. The summed E-state index contributed by atoms with van der Waals surface area (Å²) < 4.78 is 8.92. The van der Waals surface area contributed by atoms with Crippen molar-refractivity contribution in [3.05, 3.63) is 0 Å². The Labute approximate surface area is 71.5 Å². The fourth-order valence-corrected chi connectivity index (χ4v) is 3.87. The van der Waals surface area contributed by atoms with Crippen molar-refractivity contribution in [2.75, 3.05) is 13.2 Å². The third-order valence-electron chi connectivity index (χ3n) is 0.584. The Bertz CT molecular complexity index is 107. The van der Waals surface area contributed by atoms with Crippen LogP contribution in [0.4, 0.5) is 0 Å². The first kappa shape index (κ1) is 10.4. The van der Waals surface area contributed by atoms with E-state index in [0.29, 0.717) is 13.2 Å². The zero-order valence-electron chi connectivity index (χ0n) is 5.53. The summed E-state index contributed by atoms with van der Waals surface area (Å²) >= 11 is 5.31. The summed E-state index contributed by atoms with van der Waals surface area (Å²) in [5.74, 6) is 0. The van der Waals surface area contributed by atoms with Crippen molar-refractivity contribution in [1.29, 1.82) is 0 Å². The molecule has 0 saturated heterocycles. The van der Waals surface area contributed by atoms with Crippen molar-refractivity contribution >= 4 is 35.3 Å². The van der Waals surface area contributed by atoms with Crippen LogP contribution in [0.3, 0.4) is 0 Å². The molecule has 0 bridgehead atoms. The average Bonchev–Trinajstić information content (AvgIpc) is 1.64. The number of hydrogen-bond acceptors (Lipinski definition) is 2. The molecule has 0 aromatic heterocycles. The van der Waals surface area contributed by atoms with Gasteiger partial charge >= 0.3 is 71.4 Å². The fourth-order valence-electron chi connectivity index (χ4n) is 0.364. The SMILES string of the molecule is CCOP(=[Se])([SeH])OCC. The van der Waals surface area contributed by atoms with Crippen LogP contribution in [0, 0.1) is 0 Å². The maximum atomic E-state index is 5.28. The van der Waals surface area contributed by atoms with E-state index in [1.54, 1.807) is 0 Å². The molecule has 0 aromatic rings. The topological polar surface area (TPSA) is 18.5 Å². The van der Waals surface area contributed by atoms with Crippen LogP contribution in [-0.2, 0) is 9.05 Å². The predicted molar refractivity (Wildman–Crippen MR) is 43.1 cm³/mol. The van der Waals surface area contributed by atoms with Crippen molar-refractivity contribution in [3.63, 3.8) is 0 Å². The molecule has 0 unspecified atom stereocenters. The summed E-state index contributed by atoms with van der Waals surface area (Å²) in [5, 5.41) is 0. The van der Waals surface area contributed by atoms with E-state index in [-0.39, 0.29) is 0 Å². The van der Waals surface area contributed by atoms with E-state index >= 15 is 0 Å². The molecule has 0 aromatic carbocycles. The third-order valence-corrected chi connectivity index (χ3v) is 4.53. The summed E-state index contributed by atoms with van der Waals surface area (Å²) in [5.41, 5.74) is 0. The monoisotopic (exact) mass is 282 g/mol. The second-order valence-corrected chi connectivity index (χ2v) is 13.1. The molecule has 0 amide bonds. The molecule has 0 heterocycles. The number of hydrogen-bond donors (Lipinski definition) is 0. The molecule has 0 rings (SSSR count). The molecule has 0 atom stereocenters. The number of rotatable bonds is 4. The van der Waals surface area contributed by atoms with Crippen LogP contribution in [0.1, 0.15) is 13.8 Å². The average molecular weight is 280 g/mol. The van der Waals surface area contributed by atoms with E-state index < -0.39 is 4.65 Å². The van der Waals surface area contributed by atoms with Gasteiger partial charge in [0.15, 0.2) is 0 Å². The minimum atomic E-state index is -1.63. The van der Waals surface area contributed by atoms with Crippen molar-refractivity contribution in [2.45, 2.75) is 13.8 Å². The third kappa shape index (κ3) is 5.81. The molecule has 9 heavy (non-hydrogen) atoms. The van der Waals surface area contributed by atoms with Gasteiger partial charge in [-0.3, -0.25) is 0 Å². The van der Waals surface area contributed by atoms with Crippen LogP contribution < -0.4 is 0 Å². The van der Waals surface area contributed by atoms with Gasteiger partial charge in [-0.15, -0.1) is 0 Å². The van der Waals surface area contributed by atoms with Gasteiger partial charge in [0.2, 0.25) is 0 Å². The van der Waals surface area contributed by atoms with Gasteiger partial charge in [-0.2, -0.15) is 0 Å². The van der Waals surface area contributed by atoms with E-state index in [0.717, 1.165) is 0 Å². The maximum absolute atomic E-state index is 5.28. The molecule has 5 heteroatoms. The summed E-state index contributed by atoms with van der Waals surface area (Å²) in [6, 6.07) is 0. The minimum absolute atomic E-state index is 0.704. The van der Waals surface area contributed by atoms with E-state index in [4.69, 9.17) is 9.05 Å². The quantitative estimate of drug-likeness (QED) is 0.560. The Balaban J connectivity index is 3.58. The summed E-state index contributed by atoms with van der Waals surface area (Å²) in [4.78, 5) is 0. The van der Waals surface area contributed by atoms with E-state index in [1.165, 1.54) is 0 Å². The van der Waals surface area contributed by atoms with Crippen molar-refractivity contribution in [3.8, 4) is 0 Å². The molecule has 0 radical (unpaired) electrons. The van der Waals surface area contributed by atoms with Gasteiger partial charge in [0.1, 0.15) is 0 Å². The predicted octanol–water partition coefficient (Wildman–Crippen LogP) is 0.806. The van der Waals surface area contributed by atoms with E-state index in [9.17, 15) is 0 Å². The second kappa shape index (κ2) is 5.09. The van der Waals surface area contributed by atoms with Gasteiger partial charge in [-0.25, -0.2) is 0 Å². The Morgan fingerprint density at radius 1 is 1.33 bits per heavy atom. The summed E-state index contributed by atoms with van der Waals surface area (Å²) in [6.07, 6.45) is 0. The molecule has 0 saturated carbocycles. The second-order valence-electron chi connectivity index (χ2n) is 1.30. The molecule has 56 valence electrons. The van der Waals surface area contributed by atoms with Gasteiger partial charge in [0.05, 0.1) is 0 Å². The molecule has 0 N–H and O–H groups in total. The van der Waals surface area contributed by atoms with Crippen molar-refractivity contribution in [1.82, 2.24) is 0 Å². The first-order valence-corrected chi connectivity index (χ1v) is 9.05. The standard InChI is InChI=1S/C4H11O2PSe2/c1-3-5-7(8,9)6-4-2/h3-4H2,1-2H3,(H,8,9). The van der Waals surface area contributed by atoms with Gasteiger partial charge < -0.3 is 0 Å². The zero-order chi connectivity index (χ0) is 7.33. The van der Waals surface area contributed by atoms with Gasteiger partial charge in [0.25, 0.3) is 0 Å². The molecule has 0 aliphatic carbocycles. The van der Waals surface area contributed by atoms with Crippen LogP contribution in [0.5, 0.6) is 0 Å². The van der Waals surface area contributed by atoms with Gasteiger partial charge in [-0.1, -0.05) is 0 Å².